The van der Waals surface area contributed by atoms with Gasteiger partial charge in [-0.15, -0.1) is 12.4 Å². The Bertz CT molecular complexity index is 531. The van der Waals surface area contributed by atoms with Crippen LogP contribution in [-0.2, 0) is 4.79 Å². The van der Waals surface area contributed by atoms with E-state index in [2.05, 4.69) is 31.0 Å². The number of carbonyl (C=O) groups excluding carboxylic acids is 1. The molecule has 122 valence electrons. The van der Waals surface area contributed by atoms with Crippen molar-refractivity contribution in [2.75, 3.05) is 18.4 Å². The predicted octanol–water partition coefficient (Wildman–Crippen LogP) is 3.95. The third-order valence-corrected chi connectivity index (χ3v) is 4.95. The van der Waals surface area contributed by atoms with E-state index in [1.807, 2.05) is 30.3 Å². The molecule has 3 rings (SSSR count). The smallest absolute Gasteiger partial charge is 0.242 e. The Labute approximate surface area is 139 Å². The van der Waals surface area contributed by atoms with Gasteiger partial charge in [-0.2, -0.15) is 0 Å². The lowest BCUT2D eigenvalue weighted by molar-refractivity contribution is -0.130. The fourth-order valence-electron chi connectivity index (χ4n) is 4.59. The van der Waals surface area contributed by atoms with Crippen molar-refractivity contribution in [1.82, 2.24) is 4.90 Å². The van der Waals surface area contributed by atoms with Crippen LogP contribution in [0.25, 0.3) is 0 Å². The highest BCUT2D eigenvalue weighted by Crippen LogP contribution is 2.52. The van der Waals surface area contributed by atoms with E-state index >= 15 is 0 Å². The zero-order valence-electron chi connectivity index (χ0n) is 13.8. The van der Waals surface area contributed by atoms with Crippen molar-refractivity contribution < 1.29 is 4.79 Å². The summed E-state index contributed by atoms with van der Waals surface area (Å²) in [5, 5.41) is 3.24. The van der Waals surface area contributed by atoms with E-state index in [0.29, 0.717) is 23.4 Å². The molecule has 1 aliphatic carbocycles. The van der Waals surface area contributed by atoms with Crippen molar-refractivity contribution in [3.05, 3.63) is 30.3 Å². The highest BCUT2D eigenvalue weighted by atomic mass is 35.5. The fourth-order valence-corrected chi connectivity index (χ4v) is 4.59. The number of amides is 1. The molecule has 2 bridgehead atoms. The maximum Gasteiger partial charge on any atom is 0.242 e. The summed E-state index contributed by atoms with van der Waals surface area (Å²) in [6.07, 6.45) is 3.54. The number of fused-ring (bicyclic) bond motifs is 2. The van der Waals surface area contributed by atoms with Crippen molar-refractivity contribution in [2.45, 2.75) is 46.1 Å². The van der Waals surface area contributed by atoms with E-state index in [1.54, 1.807) is 0 Å². The summed E-state index contributed by atoms with van der Waals surface area (Å²) in [6.45, 7) is 8.35. The standard InChI is InChI=1S/C18H26N2O.ClH/c1-17(2)9-15-10-18(3,12-17)13-20(15)16(21)11-19-14-7-5-4-6-8-14;/h4-8,15,19H,9-13H2,1-3H3;1H. The minimum atomic E-state index is 0. The molecule has 1 aromatic carbocycles. The molecule has 1 aliphatic heterocycles. The molecule has 0 spiro atoms. The van der Waals surface area contributed by atoms with Crippen LogP contribution in [0.1, 0.15) is 40.0 Å². The normalized spacial score (nSPS) is 28.9. The monoisotopic (exact) mass is 322 g/mol. The van der Waals surface area contributed by atoms with Gasteiger partial charge in [-0.25, -0.2) is 0 Å². The SMILES string of the molecule is CC1(C)CC2CC(C)(CN2C(=O)CNc2ccccc2)C1.Cl. The lowest BCUT2D eigenvalue weighted by Crippen LogP contribution is -2.40. The van der Waals surface area contributed by atoms with E-state index in [9.17, 15) is 4.79 Å². The van der Waals surface area contributed by atoms with Crippen LogP contribution < -0.4 is 5.32 Å². The third-order valence-electron chi connectivity index (χ3n) is 4.95. The first-order valence-corrected chi connectivity index (χ1v) is 7.95. The summed E-state index contributed by atoms with van der Waals surface area (Å²) in [5.74, 6) is 0.241. The van der Waals surface area contributed by atoms with Gasteiger partial charge in [0.05, 0.1) is 6.54 Å². The van der Waals surface area contributed by atoms with Gasteiger partial charge in [0.1, 0.15) is 0 Å². The molecule has 2 atom stereocenters. The molecule has 2 aliphatic rings. The highest BCUT2D eigenvalue weighted by molar-refractivity contribution is 5.85. The Morgan fingerprint density at radius 2 is 1.91 bits per heavy atom. The van der Waals surface area contributed by atoms with Gasteiger partial charge in [0.15, 0.2) is 0 Å². The minimum Gasteiger partial charge on any atom is -0.376 e. The molecule has 1 amide bonds. The number of hydrogen-bond acceptors (Lipinski definition) is 2. The first-order chi connectivity index (χ1) is 9.87. The number of benzene rings is 1. The van der Waals surface area contributed by atoms with E-state index in [-0.39, 0.29) is 18.3 Å². The van der Waals surface area contributed by atoms with Gasteiger partial charge in [-0.05, 0) is 42.2 Å². The number of halogens is 1. The summed E-state index contributed by atoms with van der Waals surface area (Å²) in [5.41, 5.74) is 1.69. The molecule has 1 heterocycles. The summed E-state index contributed by atoms with van der Waals surface area (Å²) < 4.78 is 0. The Morgan fingerprint density at radius 3 is 2.59 bits per heavy atom. The van der Waals surface area contributed by atoms with Gasteiger partial charge in [-0.1, -0.05) is 39.0 Å². The first-order valence-electron chi connectivity index (χ1n) is 7.95. The molecule has 1 aromatic rings. The van der Waals surface area contributed by atoms with Crippen molar-refractivity contribution in [1.29, 1.82) is 0 Å². The maximum atomic E-state index is 12.6. The lowest BCUT2D eigenvalue weighted by Gasteiger charge is -2.39. The zero-order chi connectivity index (χ0) is 15.1. The Balaban J connectivity index is 0.00000176. The molecule has 3 nitrogen and oxygen atoms in total. The second-order valence-corrected chi connectivity index (χ2v) is 7.95. The Morgan fingerprint density at radius 1 is 1.23 bits per heavy atom. The number of nitrogens with zero attached hydrogens (tertiary/aromatic N) is 1. The van der Waals surface area contributed by atoms with Crippen molar-refractivity contribution in [2.24, 2.45) is 10.8 Å². The van der Waals surface area contributed by atoms with E-state index in [4.69, 9.17) is 0 Å². The number of likely N-dealkylation sites (tertiary alicyclic amines) is 1. The van der Waals surface area contributed by atoms with Gasteiger partial charge >= 0.3 is 0 Å². The van der Waals surface area contributed by atoms with Crippen molar-refractivity contribution >= 4 is 24.0 Å². The predicted molar refractivity (Wildman–Crippen MR) is 93.4 cm³/mol. The van der Waals surface area contributed by atoms with Crippen LogP contribution in [0, 0.1) is 10.8 Å². The van der Waals surface area contributed by atoms with Crippen LogP contribution in [0.5, 0.6) is 0 Å². The number of anilines is 1. The average molecular weight is 323 g/mol. The Hall–Kier alpha value is -1.22. The summed E-state index contributed by atoms with van der Waals surface area (Å²) in [6, 6.07) is 10.4. The largest absolute Gasteiger partial charge is 0.376 e. The number of nitrogens with one attached hydrogen (secondary N) is 1. The molecule has 0 radical (unpaired) electrons. The van der Waals surface area contributed by atoms with Crippen LogP contribution in [0.4, 0.5) is 5.69 Å². The topological polar surface area (TPSA) is 32.3 Å². The van der Waals surface area contributed by atoms with Crippen LogP contribution >= 0.6 is 12.4 Å². The molecule has 1 saturated heterocycles. The fraction of sp³-hybridized carbons (Fsp3) is 0.611. The summed E-state index contributed by atoms with van der Waals surface area (Å²) in [4.78, 5) is 14.7. The molecule has 0 aromatic heterocycles. The second-order valence-electron chi connectivity index (χ2n) is 7.95. The van der Waals surface area contributed by atoms with Crippen LogP contribution in [0.3, 0.4) is 0 Å². The van der Waals surface area contributed by atoms with E-state index in [0.717, 1.165) is 18.7 Å². The summed E-state index contributed by atoms with van der Waals surface area (Å²) >= 11 is 0. The van der Waals surface area contributed by atoms with Crippen molar-refractivity contribution in [3.8, 4) is 0 Å². The number of carbonyl (C=O) groups is 1. The third kappa shape index (κ3) is 3.57. The van der Waals surface area contributed by atoms with Crippen molar-refractivity contribution in [3.63, 3.8) is 0 Å². The molecular formula is C18H27ClN2O. The van der Waals surface area contributed by atoms with Gasteiger partial charge in [0.25, 0.3) is 0 Å². The van der Waals surface area contributed by atoms with Gasteiger partial charge in [0.2, 0.25) is 5.91 Å². The molecule has 22 heavy (non-hydrogen) atoms. The van der Waals surface area contributed by atoms with Crippen LogP contribution in [0.15, 0.2) is 30.3 Å². The zero-order valence-corrected chi connectivity index (χ0v) is 14.6. The van der Waals surface area contributed by atoms with Crippen LogP contribution in [-0.4, -0.2) is 29.9 Å². The molecule has 2 unspecified atom stereocenters. The number of rotatable bonds is 3. The lowest BCUT2D eigenvalue weighted by atomic mass is 9.65. The van der Waals surface area contributed by atoms with E-state index < -0.39 is 0 Å². The second kappa shape index (κ2) is 6.11. The van der Waals surface area contributed by atoms with Gasteiger partial charge < -0.3 is 10.2 Å². The Kier molecular flexibility index (Phi) is 4.76. The maximum absolute atomic E-state index is 12.6. The number of hydrogen-bond donors (Lipinski definition) is 1. The molecule has 1 N–H and O–H groups in total. The van der Waals surface area contributed by atoms with Gasteiger partial charge in [0, 0.05) is 18.3 Å². The van der Waals surface area contributed by atoms with Crippen LogP contribution in [0.2, 0.25) is 0 Å². The quantitative estimate of drug-likeness (QED) is 0.914. The van der Waals surface area contributed by atoms with E-state index in [1.165, 1.54) is 12.8 Å². The average Bonchev–Trinajstić information content (AvgIpc) is 2.66. The summed E-state index contributed by atoms with van der Waals surface area (Å²) in [7, 11) is 0. The molecular weight excluding hydrogens is 296 g/mol. The highest BCUT2D eigenvalue weighted by Gasteiger charge is 2.50. The molecule has 4 heteroatoms. The minimum absolute atomic E-state index is 0. The first kappa shape index (κ1) is 17.1. The molecule has 1 saturated carbocycles. The van der Waals surface area contributed by atoms with Gasteiger partial charge in [-0.3, -0.25) is 4.79 Å². The number of para-hydroxylation sites is 1. The molecule has 2 fully saturated rings.